The molecule has 0 aromatic heterocycles. The summed E-state index contributed by atoms with van der Waals surface area (Å²) in [5, 5.41) is 5.91. The zero-order valence-corrected chi connectivity index (χ0v) is 8.31. The molecule has 0 aromatic carbocycles. The van der Waals surface area contributed by atoms with Crippen LogP contribution in [0.3, 0.4) is 0 Å². The summed E-state index contributed by atoms with van der Waals surface area (Å²) in [6, 6.07) is 0. The maximum absolute atomic E-state index is 10.6. The van der Waals surface area contributed by atoms with Crippen LogP contribution < -0.4 is 10.6 Å². The molecule has 0 aromatic rings. The third-order valence-corrected chi connectivity index (χ3v) is 1.82. The van der Waals surface area contributed by atoms with Crippen molar-refractivity contribution in [3.63, 3.8) is 0 Å². The zero-order valence-electron chi connectivity index (χ0n) is 8.31. The number of rotatable bonds is 6. The summed E-state index contributed by atoms with van der Waals surface area (Å²) in [6.45, 7) is 5.58. The van der Waals surface area contributed by atoms with Gasteiger partial charge in [-0.05, 0) is 32.4 Å². The molecule has 0 aliphatic rings. The van der Waals surface area contributed by atoms with Crippen molar-refractivity contribution in [2.24, 2.45) is 5.92 Å². The fourth-order valence-corrected chi connectivity index (χ4v) is 1.05. The normalized spacial score (nSPS) is 12.6. The van der Waals surface area contributed by atoms with Crippen LogP contribution in [0.2, 0.25) is 0 Å². The van der Waals surface area contributed by atoms with Crippen LogP contribution in [0, 0.1) is 5.92 Å². The van der Waals surface area contributed by atoms with E-state index >= 15 is 0 Å². The minimum Gasteiger partial charge on any atom is -0.356 e. The van der Waals surface area contributed by atoms with E-state index in [2.05, 4.69) is 17.6 Å². The van der Waals surface area contributed by atoms with Gasteiger partial charge in [0.1, 0.15) is 0 Å². The molecular formula is C9H20N2O. The first-order valence-corrected chi connectivity index (χ1v) is 4.56. The van der Waals surface area contributed by atoms with Gasteiger partial charge in [0.15, 0.2) is 0 Å². The molecule has 0 radical (unpaired) electrons. The third-order valence-electron chi connectivity index (χ3n) is 1.82. The molecule has 1 atom stereocenters. The zero-order chi connectivity index (χ0) is 9.40. The number of hydrogen-bond donors (Lipinski definition) is 2. The predicted octanol–water partition coefficient (Wildman–Crippen LogP) is 0.758. The van der Waals surface area contributed by atoms with Crippen LogP contribution in [0.25, 0.3) is 0 Å². The van der Waals surface area contributed by atoms with E-state index in [0.29, 0.717) is 5.92 Å². The van der Waals surface area contributed by atoms with Crippen molar-refractivity contribution in [3.8, 4) is 0 Å². The van der Waals surface area contributed by atoms with Crippen LogP contribution in [-0.2, 0) is 4.79 Å². The molecule has 3 heteroatoms. The summed E-state index contributed by atoms with van der Waals surface area (Å²) in [6.07, 6.45) is 2.35. The minimum absolute atomic E-state index is 0.0652. The molecule has 2 N–H and O–H groups in total. The number of carbonyl (C=O) groups excluding carboxylic acids is 1. The lowest BCUT2D eigenvalue weighted by Crippen LogP contribution is -2.26. The quantitative estimate of drug-likeness (QED) is 0.581. The highest BCUT2D eigenvalue weighted by Crippen LogP contribution is 2.02. The number of nitrogens with one attached hydrogen (secondary N) is 2. The van der Waals surface area contributed by atoms with Gasteiger partial charge in [-0.2, -0.15) is 0 Å². The van der Waals surface area contributed by atoms with Gasteiger partial charge in [-0.15, -0.1) is 0 Å². The van der Waals surface area contributed by atoms with E-state index in [-0.39, 0.29) is 5.91 Å². The molecule has 0 aliphatic carbocycles. The largest absolute Gasteiger partial charge is 0.356 e. The van der Waals surface area contributed by atoms with Gasteiger partial charge in [0.25, 0.3) is 0 Å². The van der Waals surface area contributed by atoms with Crippen LogP contribution in [0.15, 0.2) is 0 Å². The molecule has 0 heterocycles. The van der Waals surface area contributed by atoms with Gasteiger partial charge in [-0.1, -0.05) is 6.92 Å². The van der Waals surface area contributed by atoms with Crippen molar-refractivity contribution >= 4 is 5.91 Å². The summed E-state index contributed by atoms with van der Waals surface area (Å²) in [4.78, 5) is 10.6. The fraction of sp³-hybridized carbons (Fsp3) is 0.889. The molecule has 1 unspecified atom stereocenters. The Morgan fingerprint density at radius 3 is 2.67 bits per heavy atom. The Balaban J connectivity index is 3.21. The van der Waals surface area contributed by atoms with Crippen LogP contribution in [0.4, 0.5) is 0 Å². The van der Waals surface area contributed by atoms with E-state index in [1.165, 1.54) is 12.8 Å². The van der Waals surface area contributed by atoms with Crippen molar-refractivity contribution in [1.82, 2.24) is 10.6 Å². The van der Waals surface area contributed by atoms with Crippen LogP contribution in [0.1, 0.15) is 26.7 Å². The molecule has 0 fully saturated rings. The lowest BCUT2D eigenvalue weighted by Gasteiger charge is -2.10. The Kier molecular flexibility index (Phi) is 6.76. The number of hydrogen-bond acceptors (Lipinski definition) is 2. The second-order valence-electron chi connectivity index (χ2n) is 3.29. The third kappa shape index (κ3) is 7.54. The van der Waals surface area contributed by atoms with Crippen molar-refractivity contribution in [2.75, 3.05) is 20.1 Å². The van der Waals surface area contributed by atoms with Gasteiger partial charge in [0.05, 0.1) is 0 Å². The van der Waals surface area contributed by atoms with Gasteiger partial charge in [-0.3, -0.25) is 4.79 Å². The summed E-state index contributed by atoms with van der Waals surface area (Å²) in [5.41, 5.74) is 0. The van der Waals surface area contributed by atoms with E-state index in [1.54, 1.807) is 6.92 Å². The molecule has 0 saturated carbocycles. The first-order valence-electron chi connectivity index (χ1n) is 4.56. The standard InChI is InChI=1S/C9H20N2O/c1-8(5-4-6-10-3)7-11-9(2)12/h8,10H,4-7H2,1-3H3,(H,11,12). The van der Waals surface area contributed by atoms with Crippen molar-refractivity contribution in [3.05, 3.63) is 0 Å². The molecule has 0 aliphatic heterocycles. The number of carbonyl (C=O) groups is 1. The average Bonchev–Trinajstić information content (AvgIpc) is 2.01. The second kappa shape index (κ2) is 7.10. The average molecular weight is 172 g/mol. The smallest absolute Gasteiger partial charge is 0.216 e. The van der Waals surface area contributed by atoms with Crippen molar-refractivity contribution < 1.29 is 4.79 Å². The maximum atomic E-state index is 10.6. The van der Waals surface area contributed by atoms with E-state index < -0.39 is 0 Å². The Morgan fingerprint density at radius 1 is 1.50 bits per heavy atom. The Labute approximate surface area is 74.9 Å². The van der Waals surface area contributed by atoms with E-state index in [0.717, 1.165) is 13.1 Å². The summed E-state index contributed by atoms with van der Waals surface area (Å²) in [5.74, 6) is 0.651. The summed E-state index contributed by atoms with van der Waals surface area (Å²) < 4.78 is 0. The van der Waals surface area contributed by atoms with Crippen molar-refractivity contribution in [1.29, 1.82) is 0 Å². The molecule has 12 heavy (non-hydrogen) atoms. The van der Waals surface area contributed by atoms with Gasteiger partial charge in [0, 0.05) is 13.5 Å². The topological polar surface area (TPSA) is 41.1 Å². The maximum Gasteiger partial charge on any atom is 0.216 e. The molecule has 0 saturated heterocycles. The molecule has 3 nitrogen and oxygen atoms in total. The lowest BCUT2D eigenvalue weighted by atomic mass is 10.1. The van der Waals surface area contributed by atoms with E-state index in [1.807, 2.05) is 7.05 Å². The number of amides is 1. The molecular weight excluding hydrogens is 152 g/mol. The molecule has 72 valence electrons. The van der Waals surface area contributed by atoms with Crippen LogP contribution in [0.5, 0.6) is 0 Å². The van der Waals surface area contributed by atoms with Gasteiger partial charge in [0.2, 0.25) is 5.91 Å². The summed E-state index contributed by atoms with van der Waals surface area (Å²) in [7, 11) is 1.96. The molecule has 1 amide bonds. The fourth-order valence-electron chi connectivity index (χ4n) is 1.05. The minimum atomic E-state index is 0.0652. The first kappa shape index (κ1) is 11.4. The Morgan fingerprint density at radius 2 is 2.17 bits per heavy atom. The monoisotopic (exact) mass is 172 g/mol. The second-order valence-corrected chi connectivity index (χ2v) is 3.29. The molecule has 0 spiro atoms. The summed E-state index contributed by atoms with van der Waals surface area (Å²) >= 11 is 0. The van der Waals surface area contributed by atoms with Gasteiger partial charge >= 0.3 is 0 Å². The first-order chi connectivity index (χ1) is 5.66. The molecule has 0 bridgehead atoms. The predicted molar refractivity (Wildman–Crippen MR) is 51.0 cm³/mol. The molecule has 0 rings (SSSR count). The van der Waals surface area contributed by atoms with Crippen LogP contribution >= 0.6 is 0 Å². The van der Waals surface area contributed by atoms with Crippen molar-refractivity contribution in [2.45, 2.75) is 26.7 Å². The van der Waals surface area contributed by atoms with E-state index in [4.69, 9.17) is 0 Å². The van der Waals surface area contributed by atoms with E-state index in [9.17, 15) is 4.79 Å². The van der Waals surface area contributed by atoms with Crippen LogP contribution in [-0.4, -0.2) is 26.0 Å². The Bertz CT molecular complexity index is 126. The lowest BCUT2D eigenvalue weighted by molar-refractivity contribution is -0.119. The highest BCUT2D eigenvalue weighted by Gasteiger charge is 2.01. The highest BCUT2D eigenvalue weighted by molar-refractivity contribution is 5.72. The Hall–Kier alpha value is -0.570. The SMILES string of the molecule is CNCCCC(C)CNC(C)=O. The highest BCUT2D eigenvalue weighted by atomic mass is 16.1. The van der Waals surface area contributed by atoms with Gasteiger partial charge < -0.3 is 10.6 Å². The van der Waals surface area contributed by atoms with Gasteiger partial charge in [-0.25, -0.2) is 0 Å².